The number of rotatable bonds is 4. The summed E-state index contributed by atoms with van der Waals surface area (Å²) in [4.78, 5) is 11.8. The lowest BCUT2D eigenvalue weighted by Crippen LogP contribution is -2.47. The lowest BCUT2D eigenvalue weighted by molar-refractivity contribution is -0.123. The highest BCUT2D eigenvalue weighted by Crippen LogP contribution is 2.06. The molecule has 1 saturated heterocycles. The first-order valence-electron chi connectivity index (χ1n) is 6.24. The Hall–Kier alpha value is -1.36. The molecular formula is C12H20N4O. The number of aromatic nitrogens is 2. The van der Waals surface area contributed by atoms with Gasteiger partial charge in [-0.1, -0.05) is 6.42 Å². The van der Waals surface area contributed by atoms with E-state index in [0.29, 0.717) is 6.54 Å². The van der Waals surface area contributed by atoms with E-state index in [9.17, 15) is 4.79 Å². The third kappa shape index (κ3) is 3.56. The van der Waals surface area contributed by atoms with Gasteiger partial charge in [0.15, 0.2) is 0 Å². The van der Waals surface area contributed by atoms with E-state index in [2.05, 4.69) is 15.7 Å². The molecule has 1 unspecified atom stereocenters. The topological polar surface area (TPSA) is 59.0 Å². The fourth-order valence-corrected chi connectivity index (χ4v) is 2.13. The molecule has 0 saturated carbocycles. The highest BCUT2D eigenvalue weighted by molar-refractivity contribution is 5.81. The fourth-order valence-electron chi connectivity index (χ4n) is 2.13. The molecule has 0 aliphatic carbocycles. The molecule has 0 radical (unpaired) electrons. The van der Waals surface area contributed by atoms with Gasteiger partial charge >= 0.3 is 0 Å². The van der Waals surface area contributed by atoms with Gasteiger partial charge in [-0.15, -0.1) is 0 Å². The van der Waals surface area contributed by atoms with E-state index >= 15 is 0 Å². The summed E-state index contributed by atoms with van der Waals surface area (Å²) in [6.07, 6.45) is 7.94. The van der Waals surface area contributed by atoms with Crippen LogP contribution in [0.15, 0.2) is 12.4 Å². The maximum atomic E-state index is 11.8. The Bertz CT molecular complexity index is 368. The van der Waals surface area contributed by atoms with Crippen LogP contribution in [0.5, 0.6) is 0 Å². The first-order valence-corrected chi connectivity index (χ1v) is 6.24. The Morgan fingerprint density at radius 2 is 2.53 bits per heavy atom. The Balaban J connectivity index is 1.69. The van der Waals surface area contributed by atoms with Gasteiger partial charge in [-0.2, -0.15) is 5.10 Å². The zero-order chi connectivity index (χ0) is 12.1. The van der Waals surface area contributed by atoms with Gasteiger partial charge in [0.2, 0.25) is 5.91 Å². The molecule has 94 valence electrons. The van der Waals surface area contributed by atoms with Gasteiger partial charge < -0.3 is 10.6 Å². The fraction of sp³-hybridized carbons (Fsp3) is 0.667. The van der Waals surface area contributed by atoms with Crippen LogP contribution >= 0.6 is 0 Å². The predicted octanol–water partition coefficient (Wildman–Crippen LogP) is 0.221. The first-order chi connectivity index (χ1) is 8.25. The minimum Gasteiger partial charge on any atom is -0.354 e. The number of aryl methyl sites for hydroxylation is 1. The average Bonchev–Trinajstić information content (AvgIpc) is 2.76. The highest BCUT2D eigenvalue weighted by Gasteiger charge is 2.19. The third-order valence-electron chi connectivity index (χ3n) is 3.10. The summed E-state index contributed by atoms with van der Waals surface area (Å²) in [7, 11) is 1.90. The number of hydrogen-bond acceptors (Lipinski definition) is 3. The number of carbonyl (C=O) groups is 1. The molecule has 1 aliphatic heterocycles. The molecule has 1 aromatic rings. The number of amides is 1. The van der Waals surface area contributed by atoms with Crippen LogP contribution in [0.4, 0.5) is 0 Å². The van der Waals surface area contributed by atoms with Gasteiger partial charge in [0.05, 0.1) is 12.2 Å². The molecule has 1 fully saturated rings. The van der Waals surface area contributed by atoms with Crippen LogP contribution in [0.2, 0.25) is 0 Å². The molecule has 2 rings (SSSR count). The summed E-state index contributed by atoms with van der Waals surface area (Å²) in [5.41, 5.74) is 1.16. The van der Waals surface area contributed by atoms with Crippen LogP contribution in [0.25, 0.3) is 0 Å². The number of nitrogens with one attached hydrogen (secondary N) is 2. The van der Waals surface area contributed by atoms with E-state index in [1.807, 2.05) is 19.4 Å². The smallest absolute Gasteiger partial charge is 0.237 e. The zero-order valence-electron chi connectivity index (χ0n) is 10.3. The second-order valence-corrected chi connectivity index (χ2v) is 4.57. The van der Waals surface area contributed by atoms with Crippen molar-refractivity contribution in [1.29, 1.82) is 0 Å². The Morgan fingerprint density at radius 1 is 1.65 bits per heavy atom. The van der Waals surface area contributed by atoms with Crippen molar-refractivity contribution < 1.29 is 4.79 Å². The molecule has 1 amide bonds. The summed E-state index contributed by atoms with van der Waals surface area (Å²) >= 11 is 0. The van der Waals surface area contributed by atoms with E-state index in [1.165, 1.54) is 6.42 Å². The van der Waals surface area contributed by atoms with Crippen molar-refractivity contribution in [3.63, 3.8) is 0 Å². The third-order valence-corrected chi connectivity index (χ3v) is 3.10. The number of carbonyl (C=O) groups excluding carboxylic acids is 1. The highest BCUT2D eigenvalue weighted by atomic mass is 16.2. The van der Waals surface area contributed by atoms with E-state index in [4.69, 9.17) is 0 Å². The molecule has 0 bridgehead atoms. The molecule has 5 nitrogen and oxygen atoms in total. The zero-order valence-corrected chi connectivity index (χ0v) is 10.3. The minimum atomic E-state index is 0.0117. The van der Waals surface area contributed by atoms with Gasteiger partial charge in [0, 0.05) is 19.8 Å². The molecule has 1 aliphatic rings. The monoisotopic (exact) mass is 236 g/mol. The quantitative estimate of drug-likeness (QED) is 0.786. The van der Waals surface area contributed by atoms with Crippen LogP contribution in [0, 0.1) is 0 Å². The van der Waals surface area contributed by atoms with Crippen molar-refractivity contribution in [1.82, 2.24) is 20.4 Å². The summed E-state index contributed by atoms with van der Waals surface area (Å²) in [6.45, 7) is 1.64. The number of hydrogen-bond donors (Lipinski definition) is 2. The number of piperidine rings is 1. The largest absolute Gasteiger partial charge is 0.354 e. The van der Waals surface area contributed by atoms with Gasteiger partial charge in [-0.3, -0.25) is 9.48 Å². The van der Waals surface area contributed by atoms with Crippen LogP contribution in [-0.4, -0.2) is 34.8 Å². The van der Waals surface area contributed by atoms with Crippen molar-refractivity contribution in [2.75, 3.05) is 13.1 Å². The Morgan fingerprint density at radius 3 is 3.18 bits per heavy atom. The molecule has 17 heavy (non-hydrogen) atoms. The van der Waals surface area contributed by atoms with E-state index < -0.39 is 0 Å². The molecule has 0 spiro atoms. The molecule has 1 aromatic heterocycles. The maximum Gasteiger partial charge on any atom is 0.237 e. The molecular weight excluding hydrogens is 216 g/mol. The van der Waals surface area contributed by atoms with Crippen LogP contribution in [0.1, 0.15) is 24.8 Å². The molecule has 5 heteroatoms. The van der Waals surface area contributed by atoms with Crippen molar-refractivity contribution in [2.45, 2.75) is 31.7 Å². The SMILES string of the molecule is Cn1cc(CCNC(=O)C2CCCCN2)cn1. The summed E-state index contributed by atoms with van der Waals surface area (Å²) < 4.78 is 1.78. The van der Waals surface area contributed by atoms with E-state index in [1.54, 1.807) is 4.68 Å². The average molecular weight is 236 g/mol. The van der Waals surface area contributed by atoms with E-state index in [-0.39, 0.29) is 11.9 Å². The predicted molar refractivity (Wildman–Crippen MR) is 65.6 cm³/mol. The van der Waals surface area contributed by atoms with Crippen LogP contribution < -0.4 is 10.6 Å². The van der Waals surface area contributed by atoms with Gasteiger partial charge in [0.25, 0.3) is 0 Å². The lowest BCUT2D eigenvalue weighted by Gasteiger charge is -2.22. The summed E-state index contributed by atoms with van der Waals surface area (Å²) in [5, 5.41) is 10.3. The van der Waals surface area contributed by atoms with Crippen LogP contribution in [0.3, 0.4) is 0 Å². The Labute approximate surface area is 102 Å². The first kappa shape index (κ1) is 12.1. The summed E-state index contributed by atoms with van der Waals surface area (Å²) in [6, 6.07) is 0.0117. The summed E-state index contributed by atoms with van der Waals surface area (Å²) in [5.74, 6) is 0.133. The van der Waals surface area contributed by atoms with Gasteiger partial charge in [0.1, 0.15) is 0 Å². The maximum absolute atomic E-state index is 11.8. The Kier molecular flexibility index (Phi) is 4.14. The lowest BCUT2D eigenvalue weighted by atomic mass is 10.0. The molecule has 2 heterocycles. The van der Waals surface area contributed by atoms with E-state index in [0.717, 1.165) is 31.4 Å². The number of nitrogens with zero attached hydrogens (tertiary/aromatic N) is 2. The van der Waals surface area contributed by atoms with Crippen molar-refractivity contribution >= 4 is 5.91 Å². The second kappa shape index (κ2) is 5.82. The normalized spacial score (nSPS) is 20.2. The van der Waals surface area contributed by atoms with Crippen molar-refractivity contribution in [3.8, 4) is 0 Å². The standard InChI is InChI=1S/C12H20N4O/c1-16-9-10(8-15-16)5-7-14-12(17)11-4-2-3-6-13-11/h8-9,11,13H,2-7H2,1H3,(H,14,17). The van der Waals surface area contributed by atoms with Crippen LogP contribution in [-0.2, 0) is 18.3 Å². The van der Waals surface area contributed by atoms with Gasteiger partial charge in [-0.25, -0.2) is 0 Å². The van der Waals surface area contributed by atoms with Crippen molar-refractivity contribution in [2.24, 2.45) is 7.05 Å². The molecule has 1 atom stereocenters. The van der Waals surface area contributed by atoms with Crippen molar-refractivity contribution in [3.05, 3.63) is 18.0 Å². The minimum absolute atomic E-state index is 0.0117. The van der Waals surface area contributed by atoms with Gasteiger partial charge in [-0.05, 0) is 31.4 Å². The second-order valence-electron chi connectivity index (χ2n) is 4.57. The molecule has 0 aromatic carbocycles. The molecule has 2 N–H and O–H groups in total.